The Morgan fingerprint density at radius 1 is 0.577 bits per heavy atom. The first-order valence-corrected chi connectivity index (χ1v) is 43.6. The van der Waals surface area contributed by atoms with E-state index in [0.717, 1.165) is 70.6 Å². The number of aromatic carboxylic acids is 1. The van der Waals surface area contributed by atoms with Gasteiger partial charge < -0.3 is 78.6 Å². The number of nitrogens with zero attached hydrogens (tertiary/aromatic N) is 4. The molecule has 4 aliphatic carbocycles. The number of rotatable bonds is 12. The number of amides is 4. The van der Waals surface area contributed by atoms with E-state index < -0.39 is 99.4 Å². The number of Topliss-reactive ketones (excluding diaryl/α,β-unsaturated/α-hetero) is 3. The van der Waals surface area contributed by atoms with Crippen molar-refractivity contribution in [1.29, 1.82) is 0 Å². The number of hydrogen-bond acceptors (Lipinski definition) is 25. The molecular formula is C93H115N7O23. The van der Waals surface area contributed by atoms with Gasteiger partial charge in [0.05, 0.1) is 95.4 Å². The molecule has 9 atom stereocenters. The first-order valence-electron chi connectivity index (χ1n) is 43.6. The summed E-state index contributed by atoms with van der Waals surface area (Å²) in [5.74, 6) is -4.45. The molecule has 3 aromatic carbocycles. The standard InChI is InChI=1S/C41H49N3O10.C26H38N2O7.C15H13NO4.C7H6O2.C4H9N/c1-5-50-38(49)41-18-25(41)12-10-8-6-7-9-11-24(17-30(46)53-39(2,3)4)37(48)44-21-40(19-27(44)36(47)43-41)20-28(45)32-31-26(15-16-29-34(31)52-22-51-29)42-33(23-13-14-23)35(32)54-40;1-5-34-24(33)26-15-18(26)12-10-8-6-7-9-11-17(13-21(30)35-25(2,3)4)23(32)28-16-19(29)14-20(28)22(31)27-26;1-7(17)11-12-9(4-5-10-15(12)20-6-19-10)16-13(14(11)18)8-2-3-8;8-7(9)6-4-2-1-3-5-6;1-2-4-5-3-1/h10,12,15-16,23-25,27H,5-9,11,13-14,17-22H2,1-4H3,(H,43,47);10,12,17-18,20H,5-9,11,13-16H2,1-4H3,(H,27,31);4-5,8,18H,2-3,6H2,1H3;1-5H,(H,8,9);5H,1-4H2/b2*12-10-;;;/t24-,25-,27+,40+,41-;17-,18-,20+,26-;;;/m11.../s1. The minimum atomic E-state index is -1.27. The molecule has 12 aliphatic rings. The van der Waals surface area contributed by atoms with E-state index in [-0.39, 0.29) is 125 Å². The van der Waals surface area contributed by atoms with E-state index >= 15 is 0 Å². The third-order valence-corrected chi connectivity index (χ3v) is 24.0. The van der Waals surface area contributed by atoms with Crippen molar-refractivity contribution in [3.63, 3.8) is 0 Å². The molecule has 4 amide bonds. The van der Waals surface area contributed by atoms with Gasteiger partial charge in [0.1, 0.15) is 45.7 Å². The maximum Gasteiger partial charge on any atom is 0.335 e. The number of ether oxygens (including phenoxy) is 9. The average molecular weight is 1700 g/mol. The number of carboxylic acids is 1. The largest absolute Gasteiger partial charge is 0.505 e. The van der Waals surface area contributed by atoms with Gasteiger partial charge in [-0.3, -0.25) is 43.2 Å². The second-order valence-corrected chi connectivity index (χ2v) is 35.9. The van der Waals surface area contributed by atoms with Crippen molar-refractivity contribution in [3.05, 3.63) is 107 Å². The number of esters is 4. The molecule has 17 rings (SSSR count). The smallest absolute Gasteiger partial charge is 0.335 e. The van der Waals surface area contributed by atoms with Gasteiger partial charge in [0.15, 0.2) is 46.1 Å². The van der Waals surface area contributed by atoms with Crippen molar-refractivity contribution in [3.8, 4) is 34.5 Å². The average Bonchev–Trinajstić information content (AvgIpc) is 1.56. The van der Waals surface area contributed by atoms with E-state index in [1.54, 1.807) is 104 Å². The molecule has 0 unspecified atom stereocenters. The van der Waals surface area contributed by atoms with Crippen LogP contribution in [0.15, 0.2) is 78.9 Å². The minimum absolute atomic E-state index is 0.00295. The van der Waals surface area contributed by atoms with Crippen LogP contribution in [0.2, 0.25) is 0 Å². The van der Waals surface area contributed by atoms with Crippen LogP contribution in [-0.4, -0.2) is 194 Å². The molecule has 30 nitrogen and oxygen atoms in total. The van der Waals surface area contributed by atoms with E-state index in [4.69, 9.17) is 52.7 Å². The van der Waals surface area contributed by atoms with Crippen molar-refractivity contribution < 1.29 is 110 Å². The normalized spacial score (nSPS) is 26.3. The Labute approximate surface area is 715 Å². The van der Waals surface area contributed by atoms with Crippen molar-refractivity contribution in [1.82, 2.24) is 35.7 Å². The number of fused-ring (bicyclic) bond motifs is 12. The predicted molar refractivity (Wildman–Crippen MR) is 448 cm³/mol. The third kappa shape index (κ3) is 21.1. The minimum Gasteiger partial charge on any atom is -0.505 e. The summed E-state index contributed by atoms with van der Waals surface area (Å²) in [6.45, 7) is 18.2. The molecule has 7 fully saturated rings. The van der Waals surface area contributed by atoms with Crippen LogP contribution in [0, 0.1) is 23.7 Å². The van der Waals surface area contributed by atoms with Crippen LogP contribution in [0.1, 0.15) is 264 Å². The molecule has 10 heterocycles. The Morgan fingerprint density at radius 3 is 1.57 bits per heavy atom. The SMILES string of the molecule is C1CCNC1.CC(=O)c1c(O)c(C2CC2)nc2ccc3c(c12)OCO3.CCOC(=O)[C@@]12C[C@H]1/C=C\CCCCC[C@H](CC(=O)OC(C)(C)C)C(=O)N1CC(=O)C[C@H]1C(=O)N2.CCOC(=O)[C@@]12C[C@H]1/C=C\CCCCC[C@H](CC(=O)OC(C)(C)C)C(=O)N1C[C@@]3(CC(=O)c4c(c(C5CC5)nc5ccc6c(c45)OCO6)O3)C[C@H]1C(=O)N2.O=C(O)c1ccccc1. The lowest BCUT2D eigenvalue weighted by Crippen LogP contribution is -2.54. The first kappa shape index (κ1) is 89.7. The van der Waals surface area contributed by atoms with Crippen molar-refractivity contribution >= 4 is 92.6 Å². The van der Waals surface area contributed by atoms with Gasteiger partial charge >= 0.3 is 29.8 Å². The number of ketones is 3. The molecule has 2 aromatic heterocycles. The second kappa shape index (κ2) is 38.0. The van der Waals surface area contributed by atoms with Crippen LogP contribution in [0.25, 0.3) is 21.8 Å². The molecule has 0 bridgehead atoms. The van der Waals surface area contributed by atoms with Crippen molar-refractivity contribution in [2.24, 2.45) is 23.7 Å². The molecule has 5 aromatic rings. The Balaban J connectivity index is 0.000000159. The van der Waals surface area contributed by atoms with Crippen LogP contribution in [0.4, 0.5) is 0 Å². The number of carbonyl (C=O) groups is 12. The first-order chi connectivity index (χ1) is 58.7. The molecular weight excluding hydrogens is 1580 g/mol. The van der Waals surface area contributed by atoms with Gasteiger partial charge in [-0.25, -0.2) is 24.4 Å². The molecule has 4 saturated carbocycles. The maximum absolute atomic E-state index is 14.8. The van der Waals surface area contributed by atoms with E-state index in [1.807, 2.05) is 30.4 Å². The molecule has 123 heavy (non-hydrogen) atoms. The summed E-state index contributed by atoms with van der Waals surface area (Å²) in [4.78, 5) is 170. The third-order valence-electron chi connectivity index (χ3n) is 24.0. The summed E-state index contributed by atoms with van der Waals surface area (Å²) < 4.78 is 51.0. The zero-order chi connectivity index (χ0) is 87.9. The van der Waals surface area contributed by atoms with Crippen LogP contribution >= 0.6 is 0 Å². The number of aromatic hydroxyl groups is 1. The fourth-order valence-corrected chi connectivity index (χ4v) is 17.5. The molecule has 5 N–H and O–H groups in total. The van der Waals surface area contributed by atoms with Gasteiger partial charge in [0.25, 0.3) is 0 Å². The van der Waals surface area contributed by atoms with Crippen molar-refractivity contribution in [2.75, 3.05) is 53.0 Å². The van der Waals surface area contributed by atoms with E-state index in [1.165, 1.54) is 42.7 Å². The van der Waals surface area contributed by atoms with Gasteiger partial charge in [0.2, 0.25) is 37.2 Å². The Hall–Kier alpha value is -11.0. The lowest BCUT2D eigenvalue weighted by atomic mass is 9.85. The lowest BCUT2D eigenvalue weighted by molar-refractivity contribution is -0.159. The molecule has 30 heteroatoms. The Morgan fingerprint density at radius 2 is 1.08 bits per heavy atom. The molecule has 3 saturated heterocycles. The summed E-state index contributed by atoms with van der Waals surface area (Å²) in [7, 11) is 0. The highest BCUT2D eigenvalue weighted by Crippen LogP contribution is 2.56. The number of carboxylic acid groups (broad SMARTS) is 1. The van der Waals surface area contributed by atoms with Gasteiger partial charge in [-0.2, -0.15) is 0 Å². The van der Waals surface area contributed by atoms with Crippen molar-refractivity contribution in [2.45, 2.75) is 262 Å². The van der Waals surface area contributed by atoms with Gasteiger partial charge in [-0.1, -0.05) is 68.2 Å². The zero-order valence-electron chi connectivity index (χ0n) is 71.8. The van der Waals surface area contributed by atoms with Crippen LogP contribution in [0.5, 0.6) is 34.5 Å². The highest BCUT2D eigenvalue weighted by molar-refractivity contribution is 6.15. The quantitative estimate of drug-likeness (QED) is 0.0335. The monoisotopic (exact) mass is 1700 g/mol. The number of hydrogen-bond donors (Lipinski definition) is 5. The van der Waals surface area contributed by atoms with E-state index in [9.17, 15) is 62.6 Å². The fraction of sp³-hybridized carbons (Fsp3) is 0.570. The van der Waals surface area contributed by atoms with Gasteiger partial charge in [-0.05, 0) is 202 Å². The number of pyridine rings is 2. The van der Waals surface area contributed by atoms with Crippen LogP contribution in [0.3, 0.4) is 0 Å². The summed E-state index contributed by atoms with van der Waals surface area (Å²) in [6.07, 6.45) is 22.3. The number of aromatic nitrogens is 2. The van der Waals surface area contributed by atoms with E-state index in [0.29, 0.717) is 111 Å². The summed E-state index contributed by atoms with van der Waals surface area (Å²) in [6, 6.07) is 13.4. The van der Waals surface area contributed by atoms with E-state index in [2.05, 4.69) is 20.9 Å². The Bertz CT molecular complexity index is 4950. The van der Waals surface area contributed by atoms with Crippen LogP contribution < -0.4 is 39.6 Å². The van der Waals surface area contributed by atoms with Gasteiger partial charge in [-0.15, -0.1) is 0 Å². The lowest BCUT2D eigenvalue weighted by Gasteiger charge is -2.36. The highest BCUT2D eigenvalue weighted by Gasteiger charge is 2.65. The topological polar surface area (TPSA) is 397 Å². The number of carbonyl (C=O) groups excluding carboxylic acids is 11. The highest BCUT2D eigenvalue weighted by atomic mass is 16.7. The second-order valence-electron chi connectivity index (χ2n) is 35.9. The molecule has 660 valence electrons. The molecule has 1 spiro atoms. The van der Waals surface area contributed by atoms with Gasteiger partial charge in [0, 0.05) is 48.3 Å². The number of allylic oxidation sites excluding steroid dienone is 2. The molecule has 0 radical (unpaired) electrons. The number of benzene rings is 3. The number of nitrogens with one attached hydrogen (secondary N) is 3. The maximum atomic E-state index is 14.8. The molecule has 8 aliphatic heterocycles. The van der Waals surface area contributed by atoms with Crippen LogP contribution in [-0.2, 0) is 62.1 Å². The summed E-state index contributed by atoms with van der Waals surface area (Å²) in [5.41, 5.74) is -1.52. The predicted octanol–water partition coefficient (Wildman–Crippen LogP) is 12.4. The Kier molecular flexibility index (Phi) is 27.7. The summed E-state index contributed by atoms with van der Waals surface area (Å²) in [5, 5.41) is 28.9. The summed E-state index contributed by atoms with van der Waals surface area (Å²) >= 11 is 0. The zero-order valence-corrected chi connectivity index (χ0v) is 71.8. The fourth-order valence-electron chi connectivity index (χ4n) is 17.5.